The van der Waals surface area contributed by atoms with E-state index in [1.165, 1.54) is 23.5 Å². The van der Waals surface area contributed by atoms with Crippen molar-refractivity contribution in [2.24, 2.45) is 0 Å². The van der Waals surface area contributed by atoms with Gasteiger partial charge in [0.05, 0.1) is 23.3 Å². The van der Waals surface area contributed by atoms with Gasteiger partial charge >= 0.3 is 0 Å². The van der Waals surface area contributed by atoms with Gasteiger partial charge in [-0.3, -0.25) is 9.10 Å². The molecule has 2 aliphatic heterocycles. The molecule has 1 amide bonds. The number of piperidine rings is 1. The van der Waals surface area contributed by atoms with E-state index in [1.807, 2.05) is 24.3 Å². The van der Waals surface area contributed by atoms with Crippen LogP contribution in [0, 0.1) is 0 Å². The number of carbonyl (C=O) groups is 1. The Bertz CT molecular complexity index is 1080. The molecule has 0 spiro atoms. The second kappa shape index (κ2) is 9.50. The number of hydrogen-bond acceptors (Lipinski definition) is 5. The van der Waals surface area contributed by atoms with E-state index in [2.05, 4.69) is 17.1 Å². The first-order valence-corrected chi connectivity index (χ1v) is 12.7. The quantitative estimate of drug-likeness (QED) is 0.691. The van der Waals surface area contributed by atoms with Gasteiger partial charge in [0.15, 0.2) is 0 Å². The molecular formula is C24H31N3O4S. The standard InChI is InChI=1S/C24H31N3O4S/c1-3-13-26-14-11-19(12-15-26)25-24(28)21-17-20(8-9-23(21)31-2)32(29,30)27-16-10-18-6-4-5-7-22(18)27/h4-9,17,19H,3,10-16H2,1-2H3,(H,25,28). The molecule has 32 heavy (non-hydrogen) atoms. The Morgan fingerprint density at radius 1 is 1.12 bits per heavy atom. The van der Waals surface area contributed by atoms with Crippen LogP contribution >= 0.6 is 0 Å². The molecule has 8 heteroatoms. The summed E-state index contributed by atoms with van der Waals surface area (Å²) in [5.74, 6) is 0.0707. The molecule has 2 heterocycles. The SMILES string of the molecule is CCCN1CCC(NC(=O)c2cc(S(=O)(=O)N3CCc4ccccc43)ccc2OC)CC1. The number of nitrogens with one attached hydrogen (secondary N) is 1. The van der Waals surface area contributed by atoms with Gasteiger partial charge in [0.25, 0.3) is 15.9 Å². The molecular weight excluding hydrogens is 426 g/mol. The first-order valence-electron chi connectivity index (χ1n) is 11.3. The summed E-state index contributed by atoms with van der Waals surface area (Å²) in [7, 11) is -2.30. The lowest BCUT2D eigenvalue weighted by Gasteiger charge is -2.32. The van der Waals surface area contributed by atoms with Gasteiger partial charge in [-0.05, 0) is 62.1 Å². The number of rotatable bonds is 7. The normalized spacial score (nSPS) is 17.2. The van der Waals surface area contributed by atoms with Crippen LogP contribution in [0.25, 0.3) is 0 Å². The summed E-state index contributed by atoms with van der Waals surface area (Å²) in [5, 5.41) is 3.08. The second-order valence-electron chi connectivity index (χ2n) is 8.41. The third-order valence-electron chi connectivity index (χ3n) is 6.31. The van der Waals surface area contributed by atoms with E-state index in [1.54, 1.807) is 6.07 Å². The number of benzene rings is 2. The van der Waals surface area contributed by atoms with Crippen LogP contribution in [0.3, 0.4) is 0 Å². The highest BCUT2D eigenvalue weighted by Gasteiger charge is 2.32. The maximum absolute atomic E-state index is 13.4. The van der Waals surface area contributed by atoms with Crippen molar-refractivity contribution in [3.05, 3.63) is 53.6 Å². The van der Waals surface area contributed by atoms with Crippen molar-refractivity contribution in [3.63, 3.8) is 0 Å². The Kier molecular flexibility index (Phi) is 6.71. The largest absolute Gasteiger partial charge is 0.496 e. The van der Waals surface area contributed by atoms with Gasteiger partial charge in [-0.1, -0.05) is 25.1 Å². The van der Waals surface area contributed by atoms with E-state index < -0.39 is 10.0 Å². The zero-order valence-electron chi connectivity index (χ0n) is 18.7. The molecule has 2 aromatic carbocycles. The molecule has 0 unspecified atom stereocenters. The first-order chi connectivity index (χ1) is 15.4. The average Bonchev–Trinajstić information content (AvgIpc) is 3.25. The molecule has 2 aliphatic rings. The number of carbonyl (C=O) groups excluding carboxylic acids is 1. The maximum Gasteiger partial charge on any atom is 0.264 e. The van der Waals surface area contributed by atoms with Crippen molar-refractivity contribution in [1.82, 2.24) is 10.2 Å². The molecule has 1 fully saturated rings. The monoisotopic (exact) mass is 457 g/mol. The minimum Gasteiger partial charge on any atom is -0.496 e. The summed E-state index contributed by atoms with van der Waals surface area (Å²) in [6.45, 7) is 5.55. The molecule has 1 N–H and O–H groups in total. The molecule has 0 aliphatic carbocycles. The number of para-hydroxylation sites is 1. The summed E-state index contributed by atoms with van der Waals surface area (Å²) < 4.78 is 33.6. The lowest BCUT2D eigenvalue weighted by Crippen LogP contribution is -2.44. The van der Waals surface area contributed by atoms with Crippen molar-refractivity contribution in [3.8, 4) is 5.75 Å². The summed E-state index contributed by atoms with van der Waals surface area (Å²) in [6.07, 6.45) is 3.57. The van der Waals surface area contributed by atoms with E-state index >= 15 is 0 Å². The molecule has 0 atom stereocenters. The van der Waals surface area contributed by atoms with E-state index in [9.17, 15) is 13.2 Å². The van der Waals surface area contributed by atoms with Gasteiger partial charge in [0.1, 0.15) is 5.75 Å². The number of sulfonamides is 1. The van der Waals surface area contributed by atoms with Crippen LogP contribution in [0.5, 0.6) is 5.75 Å². The fraction of sp³-hybridized carbons (Fsp3) is 0.458. The van der Waals surface area contributed by atoms with Crippen molar-refractivity contribution in [2.45, 2.75) is 43.5 Å². The molecule has 0 bridgehead atoms. The molecule has 2 aromatic rings. The van der Waals surface area contributed by atoms with E-state index in [0.717, 1.165) is 44.5 Å². The van der Waals surface area contributed by atoms with E-state index in [-0.39, 0.29) is 22.4 Å². The fourth-order valence-electron chi connectivity index (χ4n) is 4.59. The number of methoxy groups -OCH3 is 1. The maximum atomic E-state index is 13.4. The van der Waals surface area contributed by atoms with Gasteiger partial charge in [-0.25, -0.2) is 8.42 Å². The minimum atomic E-state index is -3.79. The number of amides is 1. The summed E-state index contributed by atoms with van der Waals surface area (Å²) >= 11 is 0. The summed E-state index contributed by atoms with van der Waals surface area (Å²) in [4.78, 5) is 15.6. The lowest BCUT2D eigenvalue weighted by atomic mass is 10.0. The van der Waals surface area contributed by atoms with Crippen molar-refractivity contribution >= 4 is 21.6 Å². The van der Waals surface area contributed by atoms with Crippen LogP contribution in [-0.2, 0) is 16.4 Å². The smallest absolute Gasteiger partial charge is 0.264 e. The Morgan fingerprint density at radius 3 is 2.59 bits per heavy atom. The van der Waals surface area contributed by atoms with Gasteiger partial charge in [-0.2, -0.15) is 0 Å². The van der Waals surface area contributed by atoms with Crippen LogP contribution < -0.4 is 14.4 Å². The summed E-state index contributed by atoms with van der Waals surface area (Å²) in [5.41, 5.74) is 1.96. The zero-order valence-corrected chi connectivity index (χ0v) is 19.5. The highest BCUT2D eigenvalue weighted by Crippen LogP contribution is 2.34. The molecule has 1 saturated heterocycles. The van der Waals surface area contributed by atoms with E-state index in [0.29, 0.717) is 24.4 Å². The van der Waals surface area contributed by atoms with Crippen LogP contribution in [0.15, 0.2) is 47.4 Å². The Hall–Kier alpha value is -2.58. The van der Waals surface area contributed by atoms with Gasteiger partial charge in [0.2, 0.25) is 0 Å². The summed E-state index contributed by atoms with van der Waals surface area (Å²) in [6, 6.07) is 12.1. The van der Waals surface area contributed by atoms with Crippen molar-refractivity contribution < 1.29 is 17.9 Å². The second-order valence-corrected chi connectivity index (χ2v) is 10.3. The molecule has 0 saturated carbocycles. The molecule has 0 aromatic heterocycles. The van der Waals surface area contributed by atoms with Gasteiger partial charge in [-0.15, -0.1) is 0 Å². The van der Waals surface area contributed by atoms with Crippen LogP contribution in [-0.4, -0.2) is 58.6 Å². The highest BCUT2D eigenvalue weighted by molar-refractivity contribution is 7.92. The number of ether oxygens (including phenoxy) is 1. The Balaban J connectivity index is 1.55. The fourth-order valence-corrected chi connectivity index (χ4v) is 6.12. The zero-order chi connectivity index (χ0) is 22.7. The molecule has 172 valence electrons. The third-order valence-corrected chi connectivity index (χ3v) is 8.12. The van der Waals surface area contributed by atoms with Crippen LogP contribution in [0.4, 0.5) is 5.69 Å². The number of anilines is 1. The minimum absolute atomic E-state index is 0.0750. The van der Waals surface area contributed by atoms with Gasteiger partial charge < -0.3 is 15.0 Å². The van der Waals surface area contributed by atoms with E-state index in [4.69, 9.17) is 4.74 Å². The third kappa shape index (κ3) is 4.47. The number of hydrogen-bond donors (Lipinski definition) is 1. The predicted octanol–water partition coefficient (Wildman–Crippen LogP) is 3.05. The van der Waals surface area contributed by atoms with Gasteiger partial charge in [0, 0.05) is 25.7 Å². The average molecular weight is 458 g/mol. The van der Waals surface area contributed by atoms with Crippen molar-refractivity contribution in [2.75, 3.05) is 37.6 Å². The Labute approximate surface area is 190 Å². The number of fused-ring (bicyclic) bond motifs is 1. The molecule has 4 rings (SSSR count). The first kappa shape index (κ1) is 22.6. The van der Waals surface area contributed by atoms with Crippen LogP contribution in [0.1, 0.15) is 42.1 Å². The predicted molar refractivity (Wildman–Crippen MR) is 125 cm³/mol. The highest BCUT2D eigenvalue weighted by atomic mass is 32.2. The topological polar surface area (TPSA) is 79.0 Å². The Morgan fingerprint density at radius 2 is 1.88 bits per heavy atom. The molecule has 7 nitrogen and oxygen atoms in total. The molecule has 0 radical (unpaired) electrons. The van der Waals surface area contributed by atoms with Crippen LogP contribution in [0.2, 0.25) is 0 Å². The number of likely N-dealkylation sites (tertiary alicyclic amines) is 1. The number of nitrogens with zero attached hydrogens (tertiary/aromatic N) is 2. The van der Waals surface area contributed by atoms with Crippen molar-refractivity contribution in [1.29, 1.82) is 0 Å². The lowest BCUT2D eigenvalue weighted by molar-refractivity contribution is 0.0908.